The molecule has 0 saturated heterocycles. The van der Waals surface area contributed by atoms with Gasteiger partial charge >= 0.3 is 11.9 Å². The number of carbonyl (C=O) groups is 5. The molecule has 0 aliphatic rings. The number of hydrogen-bond donors (Lipinski definition) is 8. The van der Waals surface area contributed by atoms with Crippen LogP contribution in [0.1, 0.15) is 31.2 Å². The summed E-state index contributed by atoms with van der Waals surface area (Å²) in [5.41, 5.74) is 6.72. The van der Waals surface area contributed by atoms with Crippen LogP contribution in [0.15, 0.2) is 25.0 Å². The van der Waals surface area contributed by atoms with Gasteiger partial charge in [0.05, 0.1) is 18.7 Å². The zero-order valence-electron chi connectivity index (χ0n) is 18.9. The second kappa shape index (κ2) is 12.8. The van der Waals surface area contributed by atoms with Crippen LogP contribution in [0, 0.1) is 0 Å². The van der Waals surface area contributed by atoms with E-state index in [9.17, 15) is 29.1 Å². The molecule has 4 atom stereocenters. The number of hydrogen-bond acceptors (Lipinski definition) is 8. The summed E-state index contributed by atoms with van der Waals surface area (Å²) in [5, 5.41) is 25.4. The molecule has 35 heavy (non-hydrogen) atoms. The third-order valence-corrected chi connectivity index (χ3v) is 4.96. The van der Waals surface area contributed by atoms with Gasteiger partial charge in [-0.15, -0.1) is 0 Å². The third-order valence-electron chi connectivity index (χ3n) is 4.96. The molecule has 2 heterocycles. The number of H-pyrrole nitrogens is 2. The van der Waals surface area contributed by atoms with Gasteiger partial charge in [-0.1, -0.05) is 0 Å². The molecule has 0 aliphatic carbocycles. The summed E-state index contributed by atoms with van der Waals surface area (Å²) < 4.78 is 0. The monoisotopic (exact) mass is 492 g/mol. The van der Waals surface area contributed by atoms with Crippen LogP contribution >= 0.6 is 0 Å². The second-order valence-corrected chi connectivity index (χ2v) is 7.79. The Morgan fingerprint density at radius 3 is 1.91 bits per heavy atom. The molecule has 0 aromatic carbocycles. The van der Waals surface area contributed by atoms with Gasteiger partial charge in [0.2, 0.25) is 17.7 Å². The van der Waals surface area contributed by atoms with Gasteiger partial charge in [-0.25, -0.2) is 14.8 Å². The minimum absolute atomic E-state index is 0.0187. The van der Waals surface area contributed by atoms with E-state index < -0.39 is 53.8 Å². The van der Waals surface area contributed by atoms with Crippen LogP contribution in [0.4, 0.5) is 0 Å². The molecule has 0 bridgehead atoms. The molecule has 0 fully saturated rings. The fourth-order valence-electron chi connectivity index (χ4n) is 3.01. The minimum atomic E-state index is -1.27. The van der Waals surface area contributed by atoms with Crippen molar-refractivity contribution in [1.82, 2.24) is 35.9 Å². The van der Waals surface area contributed by atoms with Crippen molar-refractivity contribution < 1.29 is 34.2 Å². The van der Waals surface area contributed by atoms with Crippen molar-refractivity contribution >= 4 is 29.7 Å². The van der Waals surface area contributed by atoms with Crippen LogP contribution in [0.5, 0.6) is 0 Å². The highest BCUT2D eigenvalue weighted by atomic mass is 16.4. The van der Waals surface area contributed by atoms with Crippen LogP contribution in [-0.4, -0.2) is 84.0 Å². The van der Waals surface area contributed by atoms with Gasteiger partial charge < -0.3 is 41.9 Å². The van der Waals surface area contributed by atoms with Gasteiger partial charge in [0.15, 0.2) is 0 Å². The Balaban J connectivity index is 2.02. The second-order valence-electron chi connectivity index (χ2n) is 7.79. The first-order valence-corrected chi connectivity index (χ1v) is 10.6. The molecule has 0 aliphatic heterocycles. The minimum Gasteiger partial charge on any atom is -0.481 e. The Kier molecular flexibility index (Phi) is 9.89. The summed E-state index contributed by atoms with van der Waals surface area (Å²) in [5.74, 6) is -4.62. The average molecular weight is 492 g/mol. The first-order chi connectivity index (χ1) is 16.6. The van der Waals surface area contributed by atoms with Gasteiger partial charge in [0, 0.05) is 43.0 Å². The van der Waals surface area contributed by atoms with E-state index in [-0.39, 0.29) is 25.7 Å². The van der Waals surface area contributed by atoms with E-state index in [4.69, 9.17) is 10.8 Å². The molecule has 2 aromatic heterocycles. The van der Waals surface area contributed by atoms with Crippen molar-refractivity contribution in [2.24, 2.45) is 5.73 Å². The summed E-state index contributed by atoms with van der Waals surface area (Å²) in [7, 11) is 0. The maximum Gasteiger partial charge on any atom is 0.326 e. The molecular weight excluding hydrogens is 464 g/mol. The lowest BCUT2D eigenvalue weighted by Crippen LogP contribution is -2.57. The number of aromatic amines is 2. The topological polar surface area (TPSA) is 245 Å². The zero-order chi connectivity index (χ0) is 26.0. The van der Waals surface area contributed by atoms with E-state index in [1.807, 2.05) is 0 Å². The zero-order valence-corrected chi connectivity index (χ0v) is 18.9. The van der Waals surface area contributed by atoms with Crippen molar-refractivity contribution in [3.05, 3.63) is 36.4 Å². The molecule has 2 aromatic rings. The van der Waals surface area contributed by atoms with E-state index in [1.54, 1.807) is 0 Å². The fourth-order valence-corrected chi connectivity index (χ4v) is 3.01. The molecule has 15 nitrogen and oxygen atoms in total. The molecule has 4 unspecified atom stereocenters. The van der Waals surface area contributed by atoms with E-state index in [2.05, 4.69) is 35.9 Å². The number of aliphatic carboxylic acids is 2. The molecule has 9 N–H and O–H groups in total. The van der Waals surface area contributed by atoms with Crippen LogP contribution in [0.3, 0.4) is 0 Å². The Hall–Kier alpha value is -4.27. The van der Waals surface area contributed by atoms with Crippen molar-refractivity contribution in [1.29, 1.82) is 0 Å². The maximum atomic E-state index is 12.9. The number of imidazole rings is 2. The highest BCUT2D eigenvalue weighted by Gasteiger charge is 2.29. The van der Waals surface area contributed by atoms with Crippen LogP contribution in [0.2, 0.25) is 0 Å². The predicted molar refractivity (Wildman–Crippen MR) is 119 cm³/mol. The quantitative estimate of drug-likeness (QED) is 0.140. The lowest BCUT2D eigenvalue weighted by molar-refractivity contribution is -0.142. The summed E-state index contributed by atoms with van der Waals surface area (Å²) in [4.78, 5) is 73.3. The third kappa shape index (κ3) is 8.88. The van der Waals surface area contributed by atoms with Gasteiger partial charge in [0.1, 0.15) is 18.1 Å². The Morgan fingerprint density at radius 2 is 1.43 bits per heavy atom. The summed E-state index contributed by atoms with van der Waals surface area (Å²) in [6.07, 6.45) is 5.10. The number of carboxylic acids is 2. The lowest BCUT2D eigenvalue weighted by atomic mass is 10.1. The van der Waals surface area contributed by atoms with E-state index in [1.165, 1.54) is 32.0 Å². The SMILES string of the molecule is CC(NC(=O)C(Cc1cnc[nH]1)NC(=O)C(N)CCC(=O)O)C(=O)NC(Cc1cnc[nH]1)C(=O)O. The Bertz CT molecular complexity index is 1010. The van der Waals surface area contributed by atoms with Gasteiger partial charge in [-0.05, 0) is 13.3 Å². The number of nitrogens with two attached hydrogens (primary N) is 1. The molecular formula is C20H28N8O7. The molecule has 190 valence electrons. The first-order valence-electron chi connectivity index (χ1n) is 10.6. The van der Waals surface area contributed by atoms with Crippen molar-refractivity contribution in [3.8, 4) is 0 Å². The number of amides is 3. The largest absolute Gasteiger partial charge is 0.481 e. The smallest absolute Gasteiger partial charge is 0.326 e. The van der Waals surface area contributed by atoms with E-state index in [0.29, 0.717) is 11.4 Å². The van der Waals surface area contributed by atoms with E-state index in [0.717, 1.165) is 0 Å². The number of carboxylic acid groups (broad SMARTS) is 2. The molecule has 0 saturated carbocycles. The van der Waals surface area contributed by atoms with Crippen LogP contribution in [0.25, 0.3) is 0 Å². The normalized spacial score (nSPS) is 14.2. The summed E-state index contributed by atoms with van der Waals surface area (Å²) in [6, 6.07) is -4.75. The molecule has 2 rings (SSSR count). The van der Waals surface area contributed by atoms with Crippen molar-refractivity contribution in [3.63, 3.8) is 0 Å². The molecule has 0 spiro atoms. The number of nitrogens with one attached hydrogen (secondary N) is 5. The lowest BCUT2D eigenvalue weighted by Gasteiger charge is -2.23. The number of nitrogens with zero attached hydrogens (tertiary/aromatic N) is 2. The molecule has 3 amide bonds. The van der Waals surface area contributed by atoms with Crippen LogP contribution < -0.4 is 21.7 Å². The van der Waals surface area contributed by atoms with Crippen molar-refractivity contribution in [2.45, 2.75) is 56.8 Å². The van der Waals surface area contributed by atoms with Crippen molar-refractivity contribution in [2.75, 3.05) is 0 Å². The fraction of sp³-hybridized carbons (Fsp3) is 0.450. The molecule has 15 heteroatoms. The van der Waals surface area contributed by atoms with Crippen LogP contribution in [-0.2, 0) is 36.8 Å². The maximum absolute atomic E-state index is 12.9. The highest BCUT2D eigenvalue weighted by Crippen LogP contribution is 2.03. The first kappa shape index (κ1) is 27.0. The highest BCUT2D eigenvalue weighted by molar-refractivity contribution is 5.94. The summed E-state index contributed by atoms with van der Waals surface area (Å²) in [6.45, 7) is 1.36. The van der Waals surface area contributed by atoms with Gasteiger partial charge in [0.25, 0.3) is 0 Å². The van der Waals surface area contributed by atoms with E-state index >= 15 is 0 Å². The van der Waals surface area contributed by atoms with Gasteiger partial charge in [-0.2, -0.15) is 0 Å². The number of carbonyl (C=O) groups excluding carboxylic acids is 3. The Morgan fingerprint density at radius 1 is 0.886 bits per heavy atom. The van der Waals surface area contributed by atoms with Gasteiger partial charge in [-0.3, -0.25) is 19.2 Å². The summed E-state index contributed by atoms with van der Waals surface area (Å²) >= 11 is 0. The number of aromatic nitrogens is 4. The Labute approximate surface area is 199 Å². The predicted octanol–water partition coefficient (Wildman–Crippen LogP) is -2.33. The molecule has 0 radical (unpaired) electrons. The standard InChI is InChI=1S/C20H28N8O7/c1-10(17(31)28-15(20(34)35)5-12-7-23-9-25-12)26-19(33)14(4-11-6-22-8-24-11)27-18(32)13(21)2-3-16(29)30/h6-10,13-15H,2-5,21H2,1H3,(H,22,24)(H,23,25)(H,26,33)(H,27,32)(H,28,31)(H,29,30)(H,34,35). The number of rotatable bonds is 14. The average Bonchev–Trinajstić information content (AvgIpc) is 3.50.